The van der Waals surface area contributed by atoms with Crippen LogP contribution in [0, 0.1) is 5.92 Å². The number of ether oxygens (including phenoxy) is 1. The van der Waals surface area contributed by atoms with Crippen LogP contribution >= 0.6 is 0 Å². The van der Waals surface area contributed by atoms with Gasteiger partial charge < -0.3 is 10.1 Å². The van der Waals surface area contributed by atoms with Crippen LogP contribution in [0.15, 0.2) is 24.3 Å². The minimum Gasteiger partial charge on any atom is -0.497 e. The highest BCUT2D eigenvalue weighted by molar-refractivity contribution is 5.29. The molecule has 1 unspecified atom stereocenters. The first-order chi connectivity index (χ1) is 8.22. The van der Waals surface area contributed by atoms with Gasteiger partial charge in [-0.25, -0.2) is 0 Å². The lowest BCUT2D eigenvalue weighted by Crippen LogP contribution is -2.41. The Morgan fingerprint density at radius 1 is 1.29 bits per heavy atom. The lowest BCUT2D eigenvalue weighted by molar-refractivity contribution is 0.220. The summed E-state index contributed by atoms with van der Waals surface area (Å²) in [7, 11) is 1.71. The van der Waals surface area contributed by atoms with Gasteiger partial charge in [0.25, 0.3) is 0 Å². The highest BCUT2D eigenvalue weighted by Crippen LogP contribution is 2.30. The molecule has 2 heteroatoms. The lowest BCUT2D eigenvalue weighted by Gasteiger charge is -2.36. The second kappa shape index (κ2) is 5.54. The van der Waals surface area contributed by atoms with Crippen molar-refractivity contribution in [2.24, 2.45) is 5.92 Å². The fourth-order valence-corrected chi connectivity index (χ4v) is 2.61. The van der Waals surface area contributed by atoms with Crippen LogP contribution in [-0.2, 0) is 0 Å². The van der Waals surface area contributed by atoms with Gasteiger partial charge in [-0.2, -0.15) is 0 Å². The molecule has 1 aliphatic rings. The molecule has 17 heavy (non-hydrogen) atoms. The predicted octanol–water partition coefficient (Wildman–Crippen LogP) is 3.53. The standard InChI is InChI=1S/C15H23NO/c1-4-15(16-13-9-11(2)10-13)12-5-7-14(17-3)8-6-12/h5-8,11,13,15-16H,4,9-10H2,1-3H3. The van der Waals surface area contributed by atoms with E-state index < -0.39 is 0 Å². The van der Waals surface area contributed by atoms with Gasteiger partial charge in [0.05, 0.1) is 7.11 Å². The number of hydrogen-bond acceptors (Lipinski definition) is 2. The fraction of sp³-hybridized carbons (Fsp3) is 0.600. The quantitative estimate of drug-likeness (QED) is 0.840. The Labute approximate surface area is 104 Å². The molecule has 0 heterocycles. The normalized spacial score (nSPS) is 25.1. The van der Waals surface area contributed by atoms with Crippen molar-refractivity contribution in [3.63, 3.8) is 0 Å². The first kappa shape index (κ1) is 12.4. The molecular weight excluding hydrogens is 210 g/mol. The molecule has 2 rings (SSSR count). The van der Waals surface area contributed by atoms with Gasteiger partial charge in [-0.05, 0) is 42.9 Å². The highest BCUT2D eigenvalue weighted by Gasteiger charge is 2.27. The number of rotatable bonds is 5. The topological polar surface area (TPSA) is 21.3 Å². The highest BCUT2D eigenvalue weighted by atomic mass is 16.5. The summed E-state index contributed by atoms with van der Waals surface area (Å²) in [6.45, 7) is 4.57. The molecule has 0 amide bonds. The van der Waals surface area contributed by atoms with E-state index in [9.17, 15) is 0 Å². The Bertz CT molecular complexity index is 340. The van der Waals surface area contributed by atoms with E-state index in [2.05, 4.69) is 31.3 Å². The van der Waals surface area contributed by atoms with Crippen molar-refractivity contribution >= 4 is 0 Å². The van der Waals surface area contributed by atoms with Gasteiger partial charge in [-0.3, -0.25) is 0 Å². The molecule has 0 aliphatic heterocycles. The SMILES string of the molecule is CCC(NC1CC(C)C1)c1ccc(OC)cc1. The van der Waals surface area contributed by atoms with Crippen LogP contribution in [0.1, 0.15) is 44.7 Å². The molecule has 0 aromatic heterocycles. The van der Waals surface area contributed by atoms with Crippen LogP contribution in [0.3, 0.4) is 0 Å². The van der Waals surface area contributed by atoms with E-state index in [4.69, 9.17) is 4.74 Å². The predicted molar refractivity (Wildman–Crippen MR) is 71.3 cm³/mol. The van der Waals surface area contributed by atoms with Crippen molar-refractivity contribution in [3.05, 3.63) is 29.8 Å². The maximum absolute atomic E-state index is 5.19. The van der Waals surface area contributed by atoms with E-state index in [1.54, 1.807) is 7.11 Å². The van der Waals surface area contributed by atoms with Crippen LogP contribution in [0.2, 0.25) is 0 Å². The zero-order chi connectivity index (χ0) is 12.3. The van der Waals surface area contributed by atoms with Gasteiger partial charge >= 0.3 is 0 Å². The second-order valence-electron chi connectivity index (χ2n) is 5.17. The zero-order valence-corrected chi connectivity index (χ0v) is 11.1. The maximum Gasteiger partial charge on any atom is 0.118 e. The third-order valence-electron chi connectivity index (χ3n) is 3.74. The van der Waals surface area contributed by atoms with Crippen molar-refractivity contribution in [1.82, 2.24) is 5.32 Å². The Morgan fingerprint density at radius 2 is 1.94 bits per heavy atom. The van der Waals surface area contributed by atoms with E-state index in [0.29, 0.717) is 6.04 Å². The summed E-state index contributed by atoms with van der Waals surface area (Å²) in [4.78, 5) is 0. The number of hydrogen-bond donors (Lipinski definition) is 1. The molecular formula is C15H23NO. The Hall–Kier alpha value is -1.02. The van der Waals surface area contributed by atoms with E-state index in [1.807, 2.05) is 12.1 Å². The molecule has 2 nitrogen and oxygen atoms in total. The number of nitrogens with one attached hydrogen (secondary N) is 1. The number of methoxy groups -OCH3 is 1. The van der Waals surface area contributed by atoms with Crippen molar-refractivity contribution in [1.29, 1.82) is 0 Å². The first-order valence-corrected chi connectivity index (χ1v) is 6.63. The smallest absolute Gasteiger partial charge is 0.118 e. The van der Waals surface area contributed by atoms with Crippen LogP contribution in [0.5, 0.6) is 5.75 Å². The molecule has 1 aromatic carbocycles. The molecule has 0 radical (unpaired) electrons. The summed E-state index contributed by atoms with van der Waals surface area (Å²) in [5.41, 5.74) is 1.37. The summed E-state index contributed by atoms with van der Waals surface area (Å²) >= 11 is 0. The van der Waals surface area contributed by atoms with Crippen LogP contribution in [0.25, 0.3) is 0 Å². The molecule has 0 saturated heterocycles. The molecule has 1 fully saturated rings. The van der Waals surface area contributed by atoms with Crippen LogP contribution < -0.4 is 10.1 Å². The summed E-state index contributed by atoms with van der Waals surface area (Å²) in [5, 5.41) is 3.75. The minimum absolute atomic E-state index is 0.485. The third-order valence-corrected chi connectivity index (χ3v) is 3.74. The summed E-state index contributed by atoms with van der Waals surface area (Å²) in [6.07, 6.45) is 3.79. The summed E-state index contributed by atoms with van der Waals surface area (Å²) in [6, 6.07) is 9.63. The van der Waals surface area contributed by atoms with Gasteiger partial charge in [0, 0.05) is 12.1 Å². The molecule has 1 N–H and O–H groups in total. The van der Waals surface area contributed by atoms with Gasteiger partial charge in [-0.1, -0.05) is 26.0 Å². The third kappa shape index (κ3) is 3.01. The average molecular weight is 233 g/mol. The Kier molecular flexibility index (Phi) is 4.06. The van der Waals surface area contributed by atoms with Crippen molar-refractivity contribution in [2.45, 2.75) is 45.2 Å². The van der Waals surface area contributed by atoms with Gasteiger partial charge in [0.2, 0.25) is 0 Å². The zero-order valence-electron chi connectivity index (χ0n) is 11.1. The van der Waals surface area contributed by atoms with Gasteiger partial charge in [0.15, 0.2) is 0 Å². The minimum atomic E-state index is 0.485. The van der Waals surface area contributed by atoms with Crippen molar-refractivity contribution in [2.75, 3.05) is 7.11 Å². The van der Waals surface area contributed by atoms with Crippen LogP contribution in [-0.4, -0.2) is 13.2 Å². The van der Waals surface area contributed by atoms with E-state index in [0.717, 1.165) is 24.1 Å². The second-order valence-corrected chi connectivity index (χ2v) is 5.17. The average Bonchev–Trinajstić information content (AvgIpc) is 2.33. The van der Waals surface area contributed by atoms with E-state index in [-0.39, 0.29) is 0 Å². The van der Waals surface area contributed by atoms with Crippen LogP contribution in [0.4, 0.5) is 0 Å². The summed E-state index contributed by atoms with van der Waals surface area (Å²) in [5.74, 6) is 1.83. The maximum atomic E-state index is 5.19. The molecule has 0 bridgehead atoms. The molecule has 0 spiro atoms. The van der Waals surface area contributed by atoms with Gasteiger partial charge in [-0.15, -0.1) is 0 Å². The first-order valence-electron chi connectivity index (χ1n) is 6.63. The lowest BCUT2D eigenvalue weighted by atomic mass is 9.81. The monoisotopic (exact) mass is 233 g/mol. The summed E-state index contributed by atoms with van der Waals surface area (Å²) < 4.78 is 5.19. The Balaban J connectivity index is 1.96. The van der Waals surface area contributed by atoms with E-state index >= 15 is 0 Å². The molecule has 1 saturated carbocycles. The molecule has 94 valence electrons. The largest absolute Gasteiger partial charge is 0.497 e. The molecule has 1 aromatic rings. The fourth-order valence-electron chi connectivity index (χ4n) is 2.61. The van der Waals surface area contributed by atoms with Gasteiger partial charge in [0.1, 0.15) is 5.75 Å². The molecule has 1 aliphatic carbocycles. The van der Waals surface area contributed by atoms with E-state index in [1.165, 1.54) is 18.4 Å². The number of benzene rings is 1. The Morgan fingerprint density at radius 3 is 2.41 bits per heavy atom. The van der Waals surface area contributed by atoms with Crippen molar-refractivity contribution in [3.8, 4) is 5.75 Å². The van der Waals surface area contributed by atoms with Crippen molar-refractivity contribution < 1.29 is 4.74 Å². The molecule has 1 atom stereocenters.